The Morgan fingerprint density at radius 2 is 2.14 bits per heavy atom. The number of carboxylic acid groups (broad SMARTS) is 1. The van der Waals surface area contributed by atoms with E-state index in [4.69, 9.17) is 10.8 Å². The molecular weight excluding hydrogens is 178 g/mol. The minimum absolute atomic E-state index is 0.341. The lowest BCUT2D eigenvalue weighted by molar-refractivity contribution is -0.132. The summed E-state index contributed by atoms with van der Waals surface area (Å²) in [7, 11) is 0. The number of aliphatic carboxylic acids is 1. The zero-order chi connectivity index (χ0) is 10.6. The van der Waals surface area contributed by atoms with Gasteiger partial charge in [-0.1, -0.05) is 24.3 Å². The van der Waals surface area contributed by atoms with E-state index in [0.717, 1.165) is 5.56 Å². The van der Waals surface area contributed by atoms with Gasteiger partial charge in [-0.2, -0.15) is 0 Å². The third kappa shape index (κ3) is 2.62. The Bertz CT molecular complexity index is 369. The first-order valence-corrected chi connectivity index (χ1v) is 4.34. The van der Waals surface area contributed by atoms with Crippen LogP contribution in [0, 0.1) is 0 Å². The number of nitrogens with two attached hydrogens (primary N) is 1. The Morgan fingerprint density at radius 1 is 1.50 bits per heavy atom. The van der Waals surface area contributed by atoms with E-state index in [1.807, 2.05) is 18.2 Å². The fourth-order valence-electron chi connectivity index (χ4n) is 1.07. The second kappa shape index (κ2) is 4.46. The topological polar surface area (TPSA) is 63.3 Å². The first-order chi connectivity index (χ1) is 6.61. The summed E-state index contributed by atoms with van der Waals surface area (Å²) in [6.45, 7) is 1.57. The molecule has 0 aliphatic heterocycles. The first-order valence-electron chi connectivity index (χ1n) is 4.34. The molecule has 0 aliphatic rings. The summed E-state index contributed by atoms with van der Waals surface area (Å²) in [5, 5.41) is 8.63. The molecule has 14 heavy (non-hydrogen) atoms. The van der Waals surface area contributed by atoms with Gasteiger partial charge in [0.1, 0.15) is 0 Å². The molecule has 0 heterocycles. The van der Waals surface area contributed by atoms with E-state index in [1.165, 1.54) is 0 Å². The highest BCUT2D eigenvalue weighted by Crippen LogP contribution is 2.12. The average Bonchev–Trinajstić information content (AvgIpc) is 2.16. The van der Waals surface area contributed by atoms with Crippen molar-refractivity contribution in [3.63, 3.8) is 0 Å². The minimum atomic E-state index is -0.889. The second-order valence-electron chi connectivity index (χ2n) is 3.10. The predicted octanol–water partition coefficient (Wildman–Crippen LogP) is 1.84. The standard InChI is InChI=1S/C11H13NO2/c1-8(11(13)14)6-7-9-4-2-3-5-10(9)12/h2-6H,7,12H2,1H3,(H,13,14). The summed E-state index contributed by atoms with van der Waals surface area (Å²) >= 11 is 0. The normalized spacial score (nSPS) is 11.4. The van der Waals surface area contributed by atoms with Crippen LogP contribution in [0.4, 0.5) is 5.69 Å². The zero-order valence-corrected chi connectivity index (χ0v) is 8.03. The molecule has 0 saturated heterocycles. The number of rotatable bonds is 3. The van der Waals surface area contributed by atoms with Crippen LogP contribution < -0.4 is 5.73 Å². The number of hydrogen-bond donors (Lipinski definition) is 2. The van der Waals surface area contributed by atoms with Crippen LogP contribution in [-0.4, -0.2) is 11.1 Å². The molecule has 0 unspecified atom stereocenters. The summed E-state index contributed by atoms with van der Waals surface area (Å²) in [5.41, 5.74) is 7.70. The third-order valence-corrected chi connectivity index (χ3v) is 2.02. The third-order valence-electron chi connectivity index (χ3n) is 2.02. The van der Waals surface area contributed by atoms with Crippen LogP contribution in [0.15, 0.2) is 35.9 Å². The van der Waals surface area contributed by atoms with Gasteiger partial charge in [-0.15, -0.1) is 0 Å². The monoisotopic (exact) mass is 191 g/mol. The molecule has 0 radical (unpaired) electrons. The van der Waals surface area contributed by atoms with E-state index in [2.05, 4.69) is 0 Å². The van der Waals surface area contributed by atoms with Gasteiger partial charge < -0.3 is 10.8 Å². The second-order valence-corrected chi connectivity index (χ2v) is 3.10. The molecular formula is C11H13NO2. The summed E-state index contributed by atoms with van der Waals surface area (Å²) in [6, 6.07) is 7.43. The van der Waals surface area contributed by atoms with Gasteiger partial charge in [0, 0.05) is 11.3 Å². The Balaban J connectivity index is 2.76. The van der Waals surface area contributed by atoms with Gasteiger partial charge in [-0.3, -0.25) is 0 Å². The Morgan fingerprint density at radius 3 is 2.71 bits per heavy atom. The summed E-state index contributed by atoms with van der Waals surface area (Å²) in [6.07, 6.45) is 2.22. The maximum Gasteiger partial charge on any atom is 0.330 e. The zero-order valence-electron chi connectivity index (χ0n) is 8.03. The molecule has 0 aliphatic carbocycles. The van der Waals surface area contributed by atoms with Crippen molar-refractivity contribution in [2.75, 3.05) is 5.73 Å². The van der Waals surface area contributed by atoms with Crippen molar-refractivity contribution in [3.05, 3.63) is 41.5 Å². The lowest BCUT2D eigenvalue weighted by atomic mass is 10.1. The highest BCUT2D eigenvalue weighted by Gasteiger charge is 2.00. The summed E-state index contributed by atoms with van der Waals surface area (Å²) in [5.74, 6) is -0.889. The molecule has 1 aromatic carbocycles. The van der Waals surface area contributed by atoms with Gasteiger partial charge in [0.2, 0.25) is 0 Å². The van der Waals surface area contributed by atoms with Crippen molar-refractivity contribution in [2.45, 2.75) is 13.3 Å². The lowest BCUT2D eigenvalue weighted by Gasteiger charge is -2.01. The lowest BCUT2D eigenvalue weighted by Crippen LogP contribution is -1.98. The van der Waals surface area contributed by atoms with E-state index in [0.29, 0.717) is 17.7 Å². The maximum absolute atomic E-state index is 10.5. The van der Waals surface area contributed by atoms with Crippen molar-refractivity contribution in [1.29, 1.82) is 0 Å². The molecule has 0 spiro atoms. The van der Waals surface area contributed by atoms with Gasteiger partial charge >= 0.3 is 5.97 Å². The molecule has 0 fully saturated rings. The number of nitrogen functional groups attached to an aromatic ring is 1. The molecule has 0 saturated carbocycles. The predicted molar refractivity (Wildman–Crippen MR) is 56.0 cm³/mol. The van der Waals surface area contributed by atoms with Crippen LogP contribution in [0.5, 0.6) is 0 Å². The molecule has 0 aromatic heterocycles. The summed E-state index contributed by atoms with van der Waals surface area (Å²) < 4.78 is 0. The van der Waals surface area contributed by atoms with Gasteiger partial charge in [-0.25, -0.2) is 4.79 Å². The number of para-hydroxylation sites is 1. The van der Waals surface area contributed by atoms with Crippen LogP contribution in [0.2, 0.25) is 0 Å². The number of allylic oxidation sites excluding steroid dienone is 1. The van der Waals surface area contributed by atoms with E-state index in [9.17, 15) is 4.79 Å². The van der Waals surface area contributed by atoms with Crippen molar-refractivity contribution in [1.82, 2.24) is 0 Å². The van der Waals surface area contributed by atoms with Crippen molar-refractivity contribution < 1.29 is 9.90 Å². The SMILES string of the molecule is CC(=CCc1ccccc1N)C(=O)O. The first kappa shape index (κ1) is 10.3. The number of hydrogen-bond acceptors (Lipinski definition) is 2. The smallest absolute Gasteiger partial charge is 0.330 e. The van der Waals surface area contributed by atoms with Gasteiger partial charge in [-0.05, 0) is 25.0 Å². The van der Waals surface area contributed by atoms with Crippen LogP contribution >= 0.6 is 0 Å². The summed E-state index contributed by atoms with van der Waals surface area (Å²) in [4.78, 5) is 10.5. The van der Waals surface area contributed by atoms with Gasteiger partial charge in [0.15, 0.2) is 0 Å². The number of carboxylic acids is 1. The molecule has 0 bridgehead atoms. The number of carbonyl (C=O) groups is 1. The fourth-order valence-corrected chi connectivity index (χ4v) is 1.07. The molecule has 3 heteroatoms. The molecule has 1 rings (SSSR count). The van der Waals surface area contributed by atoms with E-state index < -0.39 is 5.97 Å². The fraction of sp³-hybridized carbons (Fsp3) is 0.182. The molecule has 74 valence electrons. The van der Waals surface area contributed by atoms with Gasteiger partial charge in [0.05, 0.1) is 0 Å². The molecule has 0 amide bonds. The van der Waals surface area contributed by atoms with E-state index in [1.54, 1.807) is 19.1 Å². The van der Waals surface area contributed by atoms with Gasteiger partial charge in [0.25, 0.3) is 0 Å². The minimum Gasteiger partial charge on any atom is -0.478 e. The maximum atomic E-state index is 10.5. The Labute approximate surface area is 82.9 Å². The van der Waals surface area contributed by atoms with E-state index >= 15 is 0 Å². The quantitative estimate of drug-likeness (QED) is 0.566. The van der Waals surface area contributed by atoms with Crippen LogP contribution in [0.3, 0.4) is 0 Å². The van der Waals surface area contributed by atoms with Crippen molar-refractivity contribution >= 4 is 11.7 Å². The molecule has 1 aromatic rings. The Hall–Kier alpha value is -1.77. The number of benzene rings is 1. The average molecular weight is 191 g/mol. The highest BCUT2D eigenvalue weighted by molar-refractivity contribution is 5.85. The van der Waals surface area contributed by atoms with E-state index in [-0.39, 0.29) is 0 Å². The Kier molecular flexibility index (Phi) is 3.29. The largest absolute Gasteiger partial charge is 0.478 e. The van der Waals surface area contributed by atoms with Crippen molar-refractivity contribution in [2.24, 2.45) is 0 Å². The highest BCUT2D eigenvalue weighted by atomic mass is 16.4. The molecule has 0 atom stereocenters. The van der Waals surface area contributed by atoms with Crippen LogP contribution in [0.25, 0.3) is 0 Å². The van der Waals surface area contributed by atoms with Crippen molar-refractivity contribution in [3.8, 4) is 0 Å². The molecule has 3 N–H and O–H groups in total. The van der Waals surface area contributed by atoms with Crippen LogP contribution in [0.1, 0.15) is 12.5 Å². The number of anilines is 1. The van der Waals surface area contributed by atoms with Crippen LogP contribution in [-0.2, 0) is 11.2 Å². The molecule has 3 nitrogen and oxygen atoms in total.